The summed E-state index contributed by atoms with van der Waals surface area (Å²) in [6.45, 7) is 3.79. The Morgan fingerprint density at radius 1 is 1.00 bits per heavy atom. The second-order valence-corrected chi connectivity index (χ2v) is 7.51. The monoisotopic (exact) mass is 430 g/mol. The molecule has 0 saturated heterocycles. The number of benzene rings is 2. The van der Waals surface area contributed by atoms with Gasteiger partial charge in [-0.2, -0.15) is 0 Å². The summed E-state index contributed by atoms with van der Waals surface area (Å²) in [5.74, 6) is 2.22. The highest BCUT2D eigenvalue weighted by Crippen LogP contribution is 2.35. The van der Waals surface area contributed by atoms with Crippen LogP contribution in [0.25, 0.3) is 27.7 Å². The third-order valence-corrected chi connectivity index (χ3v) is 5.48. The molecule has 3 aromatic heterocycles. The first-order valence-corrected chi connectivity index (χ1v) is 10.2. The zero-order valence-corrected chi connectivity index (χ0v) is 18.2. The molecule has 3 heterocycles. The maximum atomic E-state index is 11.9. The minimum absolute atomic E-state index is 0.402. The number of rotatable bonds is 5. The van der Waals surface area contributed by atoms with Gasteiger partial charge in [-0.25, -0.2) is 9.97 Å². The van der Waals surface area contributed by atoms with Gasteiger partial charge in [0, 0.05) is 24.8 Å². The molecule has 5 rings (SSSR count). The SMILES string of the molecule is COc1ccc(Cn2cc(OC(C)=O)c3c2nc(C)n2c4ccccc4nc32)c(OC)c1. The molecule has 0 atom stereocenters. The van der Waals surface area contributed by atoms with E-state index in [9.17, 15) is 4.79 Å². The molecule has 0 saturated carbocycles. The summed E-state index contributed by atoms with van der Waals surface area (Å²) in [4.78, 5) is 21.6. The lowest BCUT2D eigenvalue weighted by atomic mass is 10.2. The van der Waals surface area contributed by atoms with Gasteiger partial charge in [-0.15, -0.1) is 0 Å². The number of carbonyl (C=O) groups is 1. The van der Waals surface area contributed by atoms with E-state index in [1.165, 1.54) is 6.92 Å². The van der Waals surface area contributed by atoms with Gasteiger partial charge in [0.05, 0.1) is 31.8 Å². The Bertz CT molecular complexity index is 1500. The number of para-hydroxylation sites is 2. The summed E-state index contributed by atoms with van der Waals surface area (Å²) < 4.78 is 20.4. The topological polar surface area (TPSA) is 79.9 Å². The molecule has 0 bridgehead atoms. The van der Waals surface area contributed by atoms with Gasteiger partial charge in [0.2, 0.25) is 0 Å². The molecule has 162 valence electrons. The number of fused-ring (bicyclic) bond motifs is 5. The molecule has 0 unspecified atom stereocenters. The van der Waals surface area contributed by atoms with Crippen molar-refractivity contribution in [2.24, 2.45) is 0 Å². The predicted octanol–water partition coefficient (Wildman–Crippen LogP) is 4.14. The number of aryl methyl sites for hydroxylation is 1. The zero-order chi connectivity index (χ0) is 22.4. The van der Waals surface area contributed by atoms with Crippen molar-refractivity contribution in [2.45, 2.75) is 20.4 Å². The van der Waals surface area contributed by atoms with Crippen molar-refractivity contribution in [1.82, 2.24) is 18.9 Å². The van der Waals surface area contributed by atoms with Crippen molar-refractivity contribution in [3.63, 3.8) is 0 Å². The number of hydrogen-bond acceptors (Lipinski definition) is 6. The summed E-state index contributed by atoms with van der Waals surface area (Å²) >= 11 is 0. The summed E-state index contributed by atoms with van der Waals surface area (Å²) in [5, 5.41) is 0.689. The van der Waals surface area contributed by atoms with Gasteiger partial charge in [0.1, 0.15) is 28.4 Å². The number of methoxy groups -OCH3 is 2. The van der Waals surface area contributed by atoms with Crippen LogP contribution in [-0.4, -0.2) is 39.1 Å². The van der Waals surface area contributed by atoms with Crippen LogP contribution in [0.1, 0.15) is 18.3 Å². The molecular formula is C24H22N4O4. The molecule has 8 nitrogen and oxygen atoms in total. The molecule has 0 aliphatic heterocycles. The smallest absolute Gasteiger partial charge is 0.308 e. The van der Waals surface area contributed by atoms with E-state index in [4.69, 9.17) is 24.2 Å². The molecule has 0 radical (unpaired) electrons. The molecule has 0 amide bonds. The number of nitrogens with zero attached hydrogens (tertiary/aromatic N) is 4. The first-order chi connectivity index (χ1) is 15.5. The summed E-state index contributed by atoms with van der Waals surface area (Å²) in [5.41, 5.74) is 4.12. The minimum atomic E-state index is -0.402. The van der Waals surface area contributed by atoms with Crippen molar-refractivity contribution in [3.8, 4) is 17.2 Å². The lowest BCUT2D eigenvalue weighted by Crippen LogP contribution is -2.04. The first-order valence-electron chi connectivity index (χ1n) is 10.2. The molecule has 8 heteroatoms. The number of hydrogen-bond donors (Lipinski definition) is 0. The Hall–Kier alpha value is -4.07. The normalized spacial score (nSPS) is 11.4. The molecule has 2 aromatic carbocycles. The van der Waals surface area contributed by atoms with Crippen LogP contribution in [0.15, 0.2) is 48.7 Å². The van der Waals surface area contributed by atoms with Gasteiger partial charge < -0.3 is 18.8 Å². The Labute approximate surface area is 184 Å². The average molecular weight is 430 g/mol. The van der Waals surface area contributed by atoms with Crippen molar-refractivity contribution in [3.05, 3.63) is 60.0 Å². The largest absolute Gasteiger partial charge is 0.497 e. The van der Waals surface area contributed by atoms with Gasteiger partial charge in [0.15, 0.2) is 11.4 Å². The standard InChI is InChI=1S/C24H22N4O4/c1-14-25-23-22(24-26-18-7-5-6-8-19(18)28(14)24)21(32-15(2)29)13-27(23)12-16-9-10-17(30-3)11-20(16)31-4/h5-11,13H,12H2,1-4H3. The molecular weight excluding hydrogens is 408 g/mol. The summed E-state index contributed by atoms with van der Waals surface area (Å²) in [6.07, 6.45) is 1.79. The lowest BCUT2D eigenvalue weighted by molar-refractivity contribution is -0.131. The molecule has 0 spiro atoms. The lowest BCUT2D eigenvalue weighted by Gasteiger charge is -2.12. The third-order valence-electron chi connectivity index (χ3n) is 5.48. The number of aromatic nitrogens is 4. The van der Waals surface area contributed by atoms with E-state index < -0.39 is 5.97 Å². The van der Waals surface area contributed by atoms with Crippen molar-refractivity contribution in [2.75, 3.05) is 14.2 Å². The summed E-state index contributed by atoms with van der Waals surface area (Å²) in [6, 6.07) is 13.5. The van der Waals surface area contributed by atoms with Gasteiger partial charge in [-0.05, 0) is 31.2 Å². The van der Waals surface area contributed by atoms with Crippen LogP contribution in [0.5, 0.6) is 17.2 Å². The number of esters is 1. The van der Waals surface area contributed by atoms with Crippen LogP contribution >= 0.6 is 0 Å². The minimum Gasteiger partial charge on any atom is -0.497 e. The van der Waals surface area contributed by atoms with Crippen LogP contribution in [0.4, 0.5) is 0 Å². The first kappa shape index (κ1) is 19.9. The van der Waals surface area contributed by atoms with Crippen molar-refractivity contribution in [1.29, 1.82) is 0 Å². The molecule has 32 heavy (non-hydrogen) atoms. The highest BCUT2D eigenvalue weighted by atomic mass is 16.5. The van der Waals surface area contributed by atoms with E-state index in [-0.39, 0.29) is 0 Å². The Balaban J connectivity index is 1.76. The van der Waals surface area contributed by atoms with E-state index in [0.717, 1.165) is 22.4 Å². The molecule has 5 aromatic rings. The Kier molecular flexibility index (Phi) is 4.70. The van der Waals surface area contributed by atoms with Gasteiger partial charge in [-0.1, -0.05) is 12.1 Å². The highest BCUT2D eigenvalue weighted by molar-refractivity contribution is 6.00. The maximum Gasteiger partial charge on any atom is 0.308 e. The molecule has 0 N–H and O–H groups in total. The Morgan fingerprint density at radius 3 is 2.56 bits per heavy atom. The van der Waals surface area contributed by atoms with E-state index in [2.05, 4.69) is 0 Å². The number of imidazole rings is 1. The summed E-state index contributed by atoms with van der Waals surface area (Å²) in [7, 11) is 3.24. The van der Waals surface area contributed by atoms with E-state index in [1.807, 2.05) is 58.4 Å². The van der Waals surface area contributed by atoms with Gasteiger partial charge >= 0.3 is 5.97 Å². The van der Waals surface area contributed by atoms with Gasteiger partial charge in [-0.3, -0.25) is 9.20 Å². The van der Waals surface area contributed by atoms with E-state index in [1.54, 1.807) is 20.4 Å². The maximum absolute atomic E-state index is 11.9. The van der Waals surface area contributed by atoms with Crippen LogP contribution in [0, 0.1) is 6.92 Å². The third kappa shape index (κ3) is 3.11. The average Bonchev–Trinajstić information content (AvgIpc) is 3.32. The second kappa shape index (κ2) is 7.56. The van der Waals surface area contributed by atoms with Crippen LogP contribution in [0.2, 0.25) is 0 Å². The number of ether oxygens (including phenoxy) is 3. The van der Waals surface area contributed by atoms with Crippen LogP contribution in [-0.2, 0) is 11.3 Å². The van der Waals surface area contributed by atoms with Crippen molar-refractivity contribution < 1.29 is 19.0 Å². The fourth-order valence-electron chi connectivity index (χ4n) is 4.09. The zero-order valence-electron chi connectivity index (χ0n) is 18.2. The molecule has 0 aliphatic rings. The van der Waals surface area contributed by atoms with Crippen molar-refractivity contribution >= 4 is 33.7 Å². The molecule has 0 fully saturated rings. The van der Waals surface area contributed by atoms with E-state index in [0.29, 0.717) is 40.5 Å². The fraction of sp³-hybridized carbons (Fsp3) is 0.208. The quantitative estimate of drug-likeness (QED) is 0.390. The van der Waals surface area contributed by atoms with E-state index >= 15 is 0 Å². The fourth-order valence-corrected chi connectivity index (χ4v) is 4.09. The highest BCUT2D eigenvalue weighted by Gasteiger charge is 2.21. The second-order valence-electron chi connectivity index (χ2n) is 7.51. The Morgan fingerprint density at radius 2 is 1.81 bits per heavy atom. The number of carbonyl (C=O) groups excluding carboxylic acids is 1. The van der Waals surface area contributed by atoms with Gasteiger partial charge in [0.25, 0.3) is 0 Å². The van der Waals surface area contributed by atoms with Crippen LogP contribution in [0.3, 0.4) is 0 Å². The van der Waals surface area contributed by atoms with Crippen LogP contribution < -0.4 is 14.2 Å². The predicted molar refractivity (Wildman–Crippen MR) is 121 cm³/mol. The molecule has 0 aliphatic carbocycles.